The number of ether oxygens (including phenoxy) is 1. The van der Waals surface area contributed by atoms with Gasteiger partial charge in [0.05, 0.1) is 0 Å². The van der Waals surface area contributed by atoms with E-state index in [1.165, 1.54) is 0 Å². The number of hydrogen-bond acceptors (Lipinski definition) is 6. The topological polar surface area (TPSA) is 71.7 Å². The molecular weight excluding hydrogens is 260 g/mol. The molecule has 1 amide bonds. The molecule has 3 heterocycles. The summed E-state index contributed by atoms with van der Waals surface area (Å²) >= 11 is 0. The smallest absolute Gasteiger partial charge is 0.318 e. The van der Waals surface area contributed by atoms with Gasteiger partial charge in [-0.25, -0.2) is 0 Å². The molecule has 1 unspecified atom stereocenters. The number of carbonyl (C=O) groups is 1. The summed E-state index contributed by atoms with van der Waals surface area (Å²) in [7, 11) is 0. The molecule has 2 aliphatic heterocycles. The largest absolute Gasteiger partial charge is 0.408 e. The molecule has 0 bridgehead atoms. The van der Waals surface area contributed by atoms with Gasteiger partial charge in [-0.3, -0.25) is 4.79 Å². The third-order valence-electron chi connectivity index (χ3n) is 3.83. The van der Waals surface area contributed by atoms with E-state index in [1.54, 1.807) is 0 Å². The molecule has 7 heteroatoms. The molecule has 110 valence electrons. The molecule has 0 aliphatic carbocycles. The molecule has 0 aromatic carbocycles. The number of aromatic nitrogens is 2. The van der Waals surface area contributed by atoms with Crippen molar-refractivity contribution in [1.82, 2.24) is 15.1 Å². The van der Waals surface area contributed by atoms with Crippen LogP contribution in [0.1, 0.15) is 25.7 Å². The molecule has 3 rings (SSSR count). The van der Waals surface area contributed by atoms with Crippen molar-refractivity contribution >= 4 is 11.9 Å². The summed E-state index contributed by atoms with van der Waals surface area (Å²) in [5, 5.41) is 8.01. The maximum atomic E-state index is 12.2. The summed E-state index contributed by atoms with van der Waals surface area (Å²) in [6.45, 7) is 5.51. The van der Waals surface area contributed by atoms with Gasteiger partial charge in [0.15, 0.2) is 0 Å². The highest BCUT2D eigenvalue weighted by Crippen LogP contribution is 2.18. The number of anilines is 1. The molecule has 1 aromatic heterocycles. The van der Waals surface area contributed by atoms with E-state index >= 15 is 0 Å². The Morgan fingerprint density at radius 1 is 1.30 bits per heavy atom. The highest BCUT2D eigenvalue weighted by atomic mass is 16.5. The van der Waals surface area contributed by atoms with E-state index in [2.05, 4.69) is 10.2 Å². The average molecular weight is 280 g/mol. The van der Waals surface area contributed by atoms with Gasteiger partial charge in [0.1, 0.15) is 6.10 Å². The van der Waals surface area contributed by atoms with Gasteiger partial charge in [-0.15, -0.1) is 5.10 Å². The van der Waals surface area contributed by atoms with E-state index in [4.69, 9.17) is 9.15 Å². The second-order valence-corrected chi connectivity index (χ2v) is 5.15. The maximum absolute atomic E-state index is 12.2. The molecule has 2 saturated heterocycles. The number of nitrogens with zero attached hydrogens (tertiary/aromatic N) is 4. The third kappa shape index (κ3) is 2.63. The molecule has 1 aromatic rings. The zero-order valence-electron chi connectivity index (χ0n) is 11.7. The van der Waals surface area contributed by atoms with Crippen LogP contribution in [0.5, 0.6) is 0 Å². The lowest BCUT2D eigenvalue weighted by atomic mass is 10.2. The Morgan fingerprint density at radius 2 is 2.10 bits per heavy atom. The lowest BCUT2D eigenvalue weighted by Crippen LogP contribution is -2.51. The number of carbonyl (C=O) groups excluding carboxylic acids is 1. The Labute approximate surface area is 117 Å². The quantitative estimate of drug-likeness (QED) is 0.801. The summed E-state index contributed by atoms with van der Waals surface area (Å²) < 4.78 is 11.0. The predicted octanol–water partition coefficient (Wildman–Crippen LogP) is 0.460. The van der Waals surface area contributed by atoms with Gasteiger partial charge in [-0.1, -0.05) is 12.0 Å². The minimum Gasteiger partial charge on any atom is -0.408 e. The van der Waals surface area contributed by atoms with Gasteiger partial charge >= 0.3 is 6.01 Å². The fraction of sp³-hybridized carbons (Fsp3) is 0.769. The fourth-order valence-electron chi connectivity index (χ4n) is 2.61. The molecule has 0 N–H and O–H groups in total. The first-order valence-electron chi connectivity index (χ1n) is 7.25. The highest BCUT2D eigenvalue weighted by molar-refractivity contribution is 5.81. The van der Waals surface area contributed by atoms with Crippen LogP contribution in [-0.4, -0.2) is 59.9 Å². The minimum absolute atomic E-state index is 0.127. The molecule has 0 spiro atoms. The molecule has 0 radical (unpaired) electrons. The van der Waals surface area contributed by atoms with E-state index in [0.29, 0.717) is 31.6 Å². The molecule has 2 fully saturated rings. The van der Waals surface area contributed by atoms with E-state index in [1.807, 2.05) is 16.7 Å². The van der Waals surface area contributed by atoms with Crippen LogP contribution < -0.4 is 4.90 Å². The first kappa shape index (κ1) is 13.4. The number of hydrogen-bond donors (Lipinski definition) is 0. The van der Waals surface area contributed by atoms with Crippen molar-refractivity contribution in [3.8, 4) is 0 Å². The second kappa shape index (κ2) is 5.78. The Kier molecular flexibility index (Phi) is 3.86. The first-order valence-corrected chi connectivity index (χ1v) is 7.25. The maximum Gasteiger partial charge on any atom is 0.318 e. The van der Waals surface area contributed by atoms with Crippen molar-refractivity contribution in [3.05, 3.63) is 5.89 Å². The number of piperazine rings is 1. The zero-order chi connectivity index (χ0) is 13.9. The van der Waals surface area contributed by atoms with Crippen LogP contribution in [0, 0.1) is 0 Å². The summed E-state index contributed by atoms with van der Waals surface area (Å²) in [6, 6.07) is 0.561. The van der Waals surface area contributed by atoms with Crippen LogP contribution in [0.4, 0.5) is 6.01 Å². The molecular formula is C13H20N4O3. The lowest BCUT2D eigenvalue weighted by molar-refractivity contribution is -0.141. The monoisotopic (exact) mass is 280 g/mol. The zero-order valence-corrected chi connectivity index (χ0v) is 11.7. The van der Waals surface area contributed by atoms with Gasteiger partial charge in [0.25, 0.3) is 5.91 Å². The van der Waals surface area contributed by atoms with Gasteiger partial charge in [0.2, 0.25) is 5.89 Å². The van der Waals surface area contributed by atoms with Crippen LogP contribution in [0.3, 0.4) is 0 Å². The first-order chi connectivity index (χ1) is 9.78. The van der Waals surface area contributed by atoms with Gasteiger partial charge in [-0.2, -0.15) is 0 Å². The standard InChI is InChI=1S/C13H20N4O3/c1-2-11-14-15-13(20-11)17-7-5-16(6-8-17)12(18)10-4-3-9-19-10/h10H,2-9H2,1H3. The molecule has 20 heavy (non-hydrogen) atoms. The van der Waals surface area contributed by atoms with Crippen molar-refractivity contribution in [1.29, 1.82) is 0 Å². The molecule has 2 aliphatic rings. The predicted molar refractivity (Wildman–Crippen MR) is 71.4 cm³/mol. The Hall–Kier alpha value is -1.63. The minimum atomic E-state index is -0.225. The number of aryl methyl sites for hydroxylation is 1. The lowest BCUT2D eigenvalue weighted by Gasteiger charge is -2.34. The van der Waals surface area contributed by atoms with E-state index in [-0.39, 0.29) is 12.0 Å². The average Bonchev–Trinajstić information content (AvgIpc) is 3.18. The Balaban J connectivity index is 1.55. The molecule has 7 nitrogen and oxygen atoms in total. The van der Waals surface area contributed by atoms with Crippen molar-refractivity contribution in [3.63, 3.8) is 0 Å². The summed E-state index contributed by atoms with van der Waals surface area (Å²) in [6.07, 6.45) is 2.35. The van der Waals surface area contributed by atoms with Gasteiger partial charge in [-0.05, 0) is 12.8 Å². The molecule has 1 atom stereocenters. The fourth-order valence-corrected chi connectivity index (χ4v) is 2.61. The Morgan fingerprint density at radius 3 is 2.70 bits per heavy atom. The third-order valence-corrected chi connectivity index (χ3v) is 3.83. The van der Waals surface area contributed by atoms with Gasteiger partial charge in [0, 0.05) is 39.2 Å². The van der Waals surface area contributed by atoms with E-state index in [9.17, 15) is 4.79 Å². The normalized spacial score (nSPS) is 23.4. The van der Waals surface area contributed by atoms with Crippen LogP contribution in [0.2, 0.25) is 0 Å². The van der Waals surface area contributed by atoms with Gasteiger partial charge < -0.3 is 19.0 Å². The van der Waals surface area contributed by atoms with Crippen molar-refractivity contribution in [2.24, 2.45) is 0 Å². The summed E-state index contributed by atoms with van der Waals surface area (Å²) in [5.74, 6) is 0.778. The second-order valence-electron chi connectivity index (χ2n) is 5.15. The summed E-state index contributed by atoms with van der Waals surface area (Å²) in [5.41, 5.74) is 0. The van der Waals surface area contributed by atoms with Crippen molar-refractivity contribution in [2.75, 3.05) is 37.7 Å². The van der Waals surface area contributed by atoms with Crippen molar-refractivity contribution < 1.29 is 13.9 Å². The van der Waals surface area contributed by atoms with Crippen molar-refractivity contribution in [2.45, 2.75) is 32.3 Å². The van der Waals surface area contributed by atoms with Crippen LogP contribution in [0.15, 0.2) is 4.42 Å². The van der Waals surface area contributed by atoms with Crippen LogP contribution in [0.25, 0.3) is 0 Å². The number of amides is 1. The SMILES string of the molecule is CCc1nnc(N2CCN(C(=O)C3CCCO3)CC2)o1. The number of rotatable bonds is 3. The highest BCUT2D eigenvalue weighted by Gasteiger charge is 2.31. The summed E-state index contributed by atoms with van der Waals surface area (Å²) in [4.78, 5) is 16.1. The molecule has 0 saturated carbocycles. The van der Waals surface area contributed by atoms with Crippen LogP contribution >= 0.6 is 0 Å². The van der Waals surface area contributed by atoms with E-state index < -0.39 is 0 Å². The Bertz CT molecular complexity index is 462. The van der Waals surface area contributed by atoms with E-state index in [0.717, 1.165) is 32.4 Å². The van der Waals surface area contributed by atoms with Crippen LogP contribution in [-0.2, 0) is 16.0 Å².